The summed E-state index contributed by atoms with van der Waals surface area (Å²) >= 11 is 0.998. The Morgan fingerprint density at radius 2 is 1.55 bits per heavy atom. The second kappa shape index (κ2) is 11.2. The first-order valence-electron chi connectivity index (χ1n) is 12.6. The number of β-lactam (4-membered cyclic amide) rings is 1. The second-order valence-corrected chi connectivity index (χ2v) is 10.6. The number of carbonyl (C=O) groups is 2. The summed E-state index contributed by atoms with van der Waals surface area (Å²) in [6.45, 7) is 0.394. The van der Waals surface area contributed by atoms with E-state index in [9.17, 15) is 19.7 Å². The Bertz CT molecular complexity index is 1510. The molecule has 1 saturated heterocycles. The number of hydrogen-bond acceptors (Lipinski definition) is 6. The summed E-state index contributed by atoms with van der Waals surface area (Å²) in [6, 6.07) is 31.6. The van der Waals surface area contributed by atoms with Crippen LogP contribution in [0.3, 0.4) is 0 Å². The fourth-order valence-corrected chi connectivity index (χ4v) is 6.25. The molecule has 9 heteroatoms. The van der Waals surface area contributed by atoms with Crippen LogP contribution in [0.2, 0.25) is 0 Å². The maximum absolute atomic E-state index is 14.3. The molecule has 5 rings (SSSR count). The summed E-state index contributed by atoms with van der Waals surface area (Å²) in [5.74, 6) is 0.382. The van der Waals surface area contributed by atoms with Crippen LogP contribution in [0.25, 0.3) is 0 Å². The number of rotatable bonds is 8. The third-order valence-electron chi connectivity index (χ3n) is 6.98. The van der Waals surface area contributed by atoms with Gasteiger partial charge in [0.2, 0.25) is 0 Å². The van der Waals surface area contributed by atoms with Crippen molar-refractivity contribution in [3.8, 4) is 5.75 Å². The lowest BCUT2D eigenvalue weighted by Crippen LogP contribution is -2.65. The number of amides is 2. The van der Waals surface area contributed by atoms with Gasteiger partial charge in [0.1, 0.15) is 5.75 Å². The number of thioether (sulfide) groups is 1. The van der Waals surface area contributed by atoms with E-state index in [-0.39, 0.29) is 16.8 Å². The third kappa shape index (κ3) is 4.91. The molecule has 2 atom stereocenters. The normalized spacial score (nSPS) is 18.1. The molecule has 0 spiro atoms. The van der Waals surface area contributed by atoms with Gasteiger partial charge in [0.15, 0.2) is 4.75 Å². The number of non-ortho nitro benzene ring substituents is 1. The first-order valence-corrected chi connectivity index (χ1v) is 13.4. The molecule has 0 saturated carbocycles. The van der Waals surface area contributed by atoms with Crippen LogP contribution < -0.4 is 9.64 Å². The average Bonchev–Trinajstić information content (AvgIpc) is 2.99. The van der Waals surface area contributed by atoms with Crippen molar-refractivity contribution < 1.29 is 19.2 Å². The molecule has 0 N–H and O–H groups in total. The lowest BCUT2D eigenvalue weighted by molar-refractivity contribution is -0.384. The number of hydrogen-bond donors (Lipinski definition) is 0. The van der Waals surface area contributed by atoms with Crippen LogP contribution in [0.1, 0.15) is 22.7 Å². The summed E-state index contributed by atoms with van der Waals surface area (Å²) in [5.41, 5.74) is 2.92. The number of anilines is 1. The van der Waals surface area contributed by atoms with Crippen molar-refractivity contribution in [2.45, 2.75) is 17.3 Å². The molecule has 0 unspecified atom stereocenters. The monoisotopic (exact) mass is 553 g/mol. The number of nitro benzene ring substituents is 1. The smallest absolute Gasteiger partial charge is 0.283 e. The molecule has 1 fully saturated rings. The quantitative estimate of drug-likeness (QED) is 0.139. The van der Waals surface area contributed by atoms with E-state index < -0.39 is 15.7 Å². The van der Waals surface area contributed by atoms with Gasteiger partial charge >= 0.3 is 0 Å². The number of carbonyl (C=O) groups excluding carboxylic acids is 2. The van der Waals surface area contributed by atoms with Crippen LogP contribution in [0.4, 0.5) is 16.2 Å². The fraction of sp³-hybridized carbons (Fsp3) is 0.161. The zero-order chi connectivity index (χ0) is 28.3. The van der Waals surface area contributed by atoms with Gasteiger partial charge in [-0.25, -0.2) is 0 Å². The van der Waals surface area contributed by atoms with E-state index in [1.807, 2.05) is 84.9 Å². The average molecular weight is 554 g/mol. The minimum atomic E-state index is -1.26. The Morgan fingerprint density at radius 3 is 2.12 bits per heavy atom. The van der Waals surface area contributed by atoms with Crippen molar-refractivity contribution in [1.29, 1.82) is 0 Å². The third-order valence-corrected chi connectivity index (χ3v) is 8.42. The molecule has 0 aromatic heterocycles. The molecule has 4 aromatic rings. The Morgan fingerprint density at radius 1 is 0.950 bits per heavy atom. The van der Waals surface area contributed by atoms with Crippen LogP contribution >= 0.6 is 11.8 Å². The molecule has 1 aliphatic heterocycles. The molecule has 8 nitrogen and oxygen atoms in total. The van der Waals surface area contributed by atoms with Gasteiger partial charge in [-0.05, 0) is 52.7 Å². The van der Waals surface area contributed by atoms with E-state index in [1.54, 1.807) is 36.1 Å². The lowest BCUT2D eigenvalue weighted by atomic mass is 9.76. The minimum Gasteiger partial charge on any atom is -0.497 e. The number of methoxy groups -OCH3 is 1. The predicted molar refractivity (Wildman–Crippen MR) is 155 cm³/mol. The van der Waals surface area contributed by atoms with Crippen LogP contribution in [0.15, 0.2) is 109 Å². The predicted octanol–water partition coefficient (Wildman–Crippen LogP) is 6.57. The van der Waals surface area contributed by atoms with Crippen molar-refractivity contribution in [2.24, 2.45) is 0 Å². The molecule has 1 aliphatic rings. The van der Waals surface area contributed by atoms with Crippen LogP contribution in [0, 0.1) is 10.1 Å². The molecule has 4 aromatic carbocycles. The first kappa shape index (κ1) is 27.0. The van der Waals surface area contributed by atoms with Crippen molar-refractivity contribution in [3.63, 3.8) is 0 Å². The van der Waals surface area contributed by atoms with Gasteiger partial charge in [0.05, 0.1) is 18.1 Å². The number of nitro groups is 1. The van der Waals surface area contributed by atoms with Crippen molar-refractivity contribution in [2.75, 3.05) is 19.1 Å². The lowest BCUT2D eigenvalue weighted by Gasteiger charge is -2.55. The fourth-order valence-electron chi connectivity index (χ4n) is 4.96. The van der Waals surface area contributed by atoms with Gasteiger partial charge in [-0.15, -0.1) is 0 Å². The van der Waals surface area contributed by atoms with E-state index in [0.717, 1.165) is 22.9 Å². The molecule has 0 radical (unpaired) electrons. The Balaban J connectivity index is 1.59. The zero-order valence-corrected chi connectivity index (χ0v) is 22.8. The standard InChI is InChI=1S/C31H27N3O5S/c1-32(21-22-9-5-3-6-10-22)30(36)40-31(24-11-7-4-8-12-24)28(23-13-19-27(39-2)20-14-23)33(29(31)35)25-15-17-26(18-16-25)34(37)38/h3-20,28H,21H2,1-2H3/t28-,31+/m1/s1. The van der Waals surface area contributed by atoms with Gasteiger partial charge in [0, 0.05) is 31.4 Å². The van der Waals surface area contributed by atoms with Crippen LogP contribution in [-0.4, -0.2) is 35.1 Å². The highest BCUT2D eigenvalue weighted by Gasteiger charge is 2.64. The molecular formula is C31H27N3O5S. The molecule has 0 bridgehead atoms. The van der Waals surface area contributed by atoms with E-state index in [2.05, 4.69) is 0 Å². The van der Waals surface area contributed by atoms with Gasteiger partial charge in [-0.3, -0.25) is 19.7 Å². The zero-order valence-electron chi connectivity index (χ0n) is 22.0. The second-order valence-electron chi connectivity index (χ2n) is 9.44. The molecule has 2 amide bonds. The summed E-state index contributed by atoms with van der Waals surface area (Å²) in [4.78, 5) is 42.0. The Hall–Kier alpha value is -4.63. The highest BCUT2D eigenvalue weighted by Crippen LogP contribution is 2.60. The highest BCUT2D eigenvalue weighted by atomic mass is 32.2. The van der Waals surface area contributed by atoms with Gasteiger partial charge < -0.3 is 14.5 Å². The molecule has 0 aliphatic carbocycles. The van der Waals surface area contributed by atoms with Gasteiger partial charge in [-0.1, -0.05) is 72.8 Å². The van der Waals surface area contributed by atoms with E-state index in [1.165, 1.54) is 12.1 Å². The summed E-state index contributed by atoms with van der Waals surface area (Å²) in [6.07, 6.45) is 0. The molecule has 40 heavy (non-hydrogen) atoms. The van der Waals surface area contributed by atoms with E-state index in [0.29, 0.717) is 23.5 Å². The van der Waals surface area contributed by atoms with Crippen LogP contribution in [-0.2, 0) is 16.1 Å². The minimum absolute atomic E-state index is 0.0702. The Labute approximate surface area is 236 Å². The first-order chi connectivity index (χ1) is 19.3. The number of ether oxygens (including phenoxy) is 1. The summed E-state index contributed by atoms with van der Waals surface area (Å²) in [5, 5.41) is 11.0. The number of nitrogens with zero attached hydrogens (tertiary/aromatic N) is 3. The van der Waals surface area contributed by atoms with Gasteiger partial charge in [0.25, 0.3) is 16.8 Å². The molecule has 1 heterocycles. The molecular weight excluding hydrogens is 526 g/mol. The molecule has 202 valence electrons. The maximum Gasteiger partial charge on any atom is 0.283 e. The summed E-state index contributed by atoms with van der Waals surface area (Å²) < 4.78 is 4.08. The van der Waals surface area contributed by atoms with E-state index in [4.69, 9.17) is 4.74 Å². The van der Waals surface area contributed by atoms with Crippen molar-refractivity contribution >= 4 is 34.3 Å². The van der Waals surface area contributed by atoms with Crippen molar-refractivity contribution in [1.82, 2.24) is 4.90 Å². The topological polar surface area (TPSA) is 93.0 Å². The van der Waals surface area contributed by atoms with Gasteiger partial charge in [-0.2, -0.15) is 0 Å². The highest BCUT2D eigenvalue weighted by molar-refractivity contribution is 8.15. The number of benzene rings is 4. The Kier molecular flexibility index (Phi) is 7.57. The van der Waals surface area contributed by atoms with Crippen LogP contribution in [0.5, 0.6) is 5.75 Å². The van der Waals surface area contributed by atoms with Crippen molar-refractivity contribution in [3.05, 3.63) is 136 Å². The van der Waals surface area contributed by atoms with E-state index >= 15 is 0 Å². The summed E-state index contributed by atoms with van der Waals surface area (Å²) in [7, 11) is 3.30. The largest absolute Gasteiger partial charge is 0.497 e. The SMILES string of the molecule is COc1ccc([C@H]2N(c3ccc([N+](=O)[O-])cc3)C(=O)[C@]2(SC(=O)N(C)Cc2ccccc2)c2ccccc2)cc1. The maximum atomic E-state index is 14.3.